The van der Waals surface area contributed by atoms with Gasteiger partial charge in [0.05, 0.1) is 12.3 Å². The Morgan fingerprint density at radius 1 is 1.10 bits per heavy atom. The minimum Gasteiger partial charge on any atom is -0.444 e. The fourth-order valence-corrected chi connectivity index (χ4v) is 3.72. The second-order valence-corrected chi connectivity index (χ2v) is 7.88. The summed E-state index contributed by atoms with van der Waals surface area (Å²) in [4.78, 5) is 24.2. The molecule has 1 saturated carbocycles. The normalized spacial score (nSPS) is 19.6. The molecule has 1 aromatic heterocycles. The Kier molecular flexibility index (Phi) is 6.66. The van der Waals surface area contributed by atoms with Crippen molar-refractivity contribution in [3.63, 3.8) is 0 Å². The zero-order valence-corrected chi connectivity index (χ0v) is 17.0. The summed E-state index contributed by atoms with van der Waals surface area (Å²) in [5.41, 5.74) is 1.23. The molecule has 2 aromatic rings. The maximum absolute atomic E-state index is 12.9. The molecule has 29 heavy (non-hydrogen) atoms. The lowest BCUT2D eigenvalue weighted by Gasteiger charge is -2.31. The fourth-order valence-electron chi connectivity index (χ4n) is 3.42. The van der Waals surface area contributed by atoms with Crippen molar-refractivity contribution >= 4 is 33.4 Å². The quantitative estimate of drug-likeness (QED) is 0.637. The smallest absolute Gasteiger partial charge is 0.391 e. The Labute approximate surface area is 174 Å². The number of hydrogen-bond donors (Lipinski definition) is 2. The van der Waals surface area contributed by atoms with Crippen molar-refractivity contribution in [2.75, 3.05) is 5.32 Å². The first kappa shape index (κ1) is 21.4. The molecule has 1 aliphatic rings. The number of nitrogens with one attached hydrogen (secondary N) is 2. The number of amides is 2. The highest BCUT2D eigenvalue weighted by molar-refractivity contribution is 9.10. The van der Waals surface area contributed by atoms with Crippen LogP contribution in [0.25, 0.3) is 0 Å². The summed E-state index contributed by atoms with van der Waals surface area (Å²) >= 11 is 3.13. The van der Waals surface area contributed by atoms with Gasteiger partial charge in [-0.15, -0.1) is 0 Å². The third-order valence-corrected chi connectivity index (χ3v) is 5.30. The van der Waals surface area contributed by atoms with Gasteiger partial charge >= 0.3 is 6.18 Å². The molecule has 0 saturated heterocycles. The molecule has 0 aliphatic heterocycles. The maximum Gasteiger partial charge on any atom is 0.391 e. The number of carbonyl (C=O) groups excluding carboxylic acids is 2. The largest absolute Gasteiger partial charge is 0.444 e. The first-order valence-corrected chi connectivity index (χ1v) is 10.0. The van der Waals surface area contributed by atoms with Crippen LogP contribution in [0.3, 0.4) is 0 Å². The number of anilines is 1. The van der Waals surface area contributed by atoms with Gasteiger partial charge in [0.25, 0.3) is 5.91 Å². The van der Waals surface area contributed by atoms with Gasteiger partial charge in [0.2, 0.25) is 5.91 Å². The van der Waals surface area contributed by atoms with E-state index in [-0.39, 0.29) is 30.9 Å². The van der Waals surface area contributed by atoms with Crippen LogP contribution in [-0.4, -0.2) is 24.0 Å². The standard InChI is InChI=1S/C20H20BrF3N2O3/c21-17-9-8-16(29-17)19(28)26-14-6-4-12(5-7-14)10-18(27)25-15-3-1-2-13(11-15)20(22,23)24/h4-9,13,15H,1-3,10-11H2,(H,25,27)(H,26,28). The molecule has 156 valence electrons. The molecule has 9 heteroatoms. The summed E-state index contributed by atoms with van der Waals surface area (Å²) in [7, 11) is 0. The predicted octanol–water partition coefficient (Wildman–Crippen LogP) is 5.07. The van der Waals surface area contributed by atoms with E-state index in [0.717, 1.165) is 0 Å². The first-order chi connectivity index (χ1) is 13.7. The van der Waals surface area contributed by atoms with Crippen molar-refractivity contribution in [2.45, 2.75) is 44.3 Å². The number of furan rings is 1. The van der Waals surface area contributed by atoms with E-state index < -0.39 is 24.0 Å². The van der Waals surface area contributed by atoms with E-state index in [1.54, 1.807) is 30.3 Å². The second kappa shape index (κ2) is 9.02. The zero-order valence-electron chi connectivity index (χ0n) is 15.4. The lowest BCUT2D eigenvalue weighted by molar-refractivity contribution is -0.184. The lowest BCUT2D eigenvalue weighted by atomic mass is 9.85. The molecule has 2 amide bonds. The van der Waals surface area contributed by atoms with Gasteiger partial charge in [-0.3, -0.25) is 9.59 Å². The number of carbonyl (C=O) groups is 2. The van der Waals surface area contributed by atoms with Crippen LogP contribution in [0.1, 0.15) is 41.8 Å². The molecule has 5 nitrogen and oxygen atoms in total. The average molecular weight is 473 g/mol. The molecule has 0 bridgehead atoms. The Morgan fingerprint density at radius 2 is 1.83 bits per heavy atom. The van der Waals surface area contributed by atoms with Crippen LogP contribution < -0.4 is 10.6 Å². The molecule has 3 rings (SSSR count). The summed E-state index contributed by atoms with van der Waals surface area (Å²) in [6.45, 7) is 0. The molecule has 1 heterocycles. The summed E-state index contributed by atoms with van der Waals surface area (Å²) in [6.07, 6.45) is -3.08. The van der Waals surface area contributed by atoms with Crippen molar-refractivity contribution in [3.05, 3.63) is 52.4 Å². The van der Waals surface area contributed by atoms with Gasteiger partial charge in [-0.1, -0.05) is 18.6 Å². The van der Waals surface area contributed by atoms with Crippen molar-refractivity contribution in [1.82, 2.24) is 5.32 Å². The molecular formula is C20H20BrF3N2O3. The molecule has 1 aromatic carbocycles. The predicted molar refractivity (Wildman–Crippen MR) is 104 cm³/mol. The zero-order chi connectivity index (χ0) is 21.0. The topological polar surface area (TPSA) is 71.3 Å². The van der Waals surface area contributed by atoms with E-state index in [1.165, 1.54) is 6.07 Å². The number of halogens is 4. The monoisotopic (exact) mass is 472 g/mol. The number of rotatable bonds is 5. The molecular weight excluding hydrogens is 453 g/mol. The van der Waals surface area contributed by atoms with E-state index in [0.29, 0.717) is 28.8 Å². The van der Waals surface area contributed by atoms with Gasteiger partial charge in [-0.2, -0.15) is 13.2 Å². The van der Waals surface area contributed by atoms with E-state index in [9.17, 15) is 22.8 Å². The van der Waals surface area contributed by atoms with Gasteiger partial charge in [-0.05, 0) is 65.0 Å². The Hall–Kier alpha value is -2.29. The molecule has 0 radical (unpaired) electrons. The van der Waals surface area contributed by atoms with Gasteiger partial charge < -0.3 is 15.1 Å². The van der Waals surface area contributed by atoms with Crippen LogP contribution >= 0.6 is 15.9 Å². The van der Waals surface area contributed by atoms with E-state index in [4.69, 9.17) is 4.42 Å². The summed E-state index contributed by atoms with van der Waals surface area (Å²) < 4.78 is 44.3. The summed E-state index contributed by atoms with van der Waals surface area (Å²) in [5, 5.41) is 5.39. The van der Waals surface area contributed by atoms with Crippen LogP contribution in [-0.2, 0) is 11.2 Å². The van der Waals surface area contributed by atoms with Crippen LogP contribution in [0.4, 0.5) is 18.9 Å². The van der Waals surface area contributed by atoms with Gasteiger partial charge in [-0.25, -0.2) is 0 Å². The van der Waals surface area contributed by atoms with Crippen LogP contribution in [0.2, 0.25) is 0 Å². The molecule has 2 N–H and O–H groups in total. The van der Waals surface area contributed by atoms with E-state index in [1.807, 2.05) is 0 Å². The first-order valence-electron chi connectivity index (χ1n) is 9.22. The highest BCUT2D eigenvalue weighted by atomic mass is 79.9. The average Bonchev–Trinajstić information content (AvgIpc) is 3.09. The van der Waals surface area contributed by atoms with E-state index >= 15 is 0 Å². The summed E-state index contributed by atoms with van der Waals surface area (Å²) in [5.74, 6) is -1.91. The van der Waals surface area contributed by atoms with Crippen molar-refractivity contribution in [1.29, 1.82) is 0 Å². The third kappa shape index (κ3) is 6.09. The SMILES string of the molecule is O=C(Cc1ccc(NC(=O)c2ccc(Br)o2)cc1)NC1CCCC(C(F)(F)F)C1. The van der Waals surface area contributed by atoms with Gasteiger partial charge in [0.1, 0.15) is 0 Å². The van der Waals surface area contributed by atoms with E-state index in [2.05, 4.69) is 26.6 Å². The van der Waals surface area contributed by atoms with Crippen LogP contribution in [0.15, 0.2) is 45.5 Å². The minimum absolute atomic E-state index is 0.0620. The third-order valence-electron chi connectivity index (χ3n) is 4.88. The Balaban J connectivity index is 1.50. The Morgan fingerprint density at radius 3 is 2.45 bits per heavy atom. The van der Waals surface area contributed by atoms with Crippen LogP contribution in [0.5, 0.6) is 0 Å². The second-order valence-electron chi connectivity index (χ2n) is 7.10. The highest BCUT2D eigenvalue weighted by Gasteiger charge is 2.42. The van der Waals surface area contributed by atoms with Crippen LogP contribution in [0, 0.1) is 5.92 Å². The molecule has 2 atom stereocenters. The van der Waals surface area contributed by atoms with Crippen molar-refractivity contribution < 1.29 is 27.2 Å². The molecule has 1 aliphatic carbocycles. The van der Waals surface area contributed by atoms with Crippen molar-refractivity contribution in [2.24, 2.45) is 5.92 Å². The number of benzene rings is 1. The fraction of sp³-hybridized carbons (Fsp3) is 0.400. The number of hydrogen-bond acceptors (Lipinski definition) is 3. The van der Waals surface area contributed by atoms with Crippen molar-refractivity contribution in [3.8, 4) is 0 Å². The summed E-state index contributed by atoms with van der Waals surface area (Å²) in [6, 6.07) is 9.37. The maximum atomic E-state index is 12.9. The minimum atomic E-state index is -4.21. The van der Waals surface area contributed by atoms with Gasteiger partial charge in [0.15, 0.2) is 10.4 Å². The molecule has 0 spiro atoms. The molecule has 2 unspecified atom stereocenters. The lowest BCUT2D eigenvalue weighted by Crippen LogP contribution is -2.42. The molecule has 1 fully saturated rings. The Bertz CT molecular complexity index is 865. The highest BCUT2D eigenvalue weighted by Crippen LogP contribution is 2.37. The number of alkyl halides is 3. The van der Waals surface area contributed by atoms with Gasteiger partial charge in [0, 0.05) is 11.7 Å².